The van der Waals surface area contributed by atoms with Gasteiger partial charge in [0.1, 0.15) is 17.3 Å². The van der Waals surface area contributed by atoms with Gasteiger partial charge in [-0.2, -0.15) is 0 Å². The zero-order valence-electron chi connectivity index (χ0n) is 10.9. The van der Waals surface area contributed by atoms with Crippen LogP contribution in [0.15, 0.2) is 48.7 Å². The van der Waals surface area contributed by atoms with E-state index in [1.165, 1.54) is 18.2 Å². The lowest BCUT2D eigenvalue weighted by Gasteiger charge is -2.11. The molecule has 0 amide bonds. The number of benzene rings is 2. The van der Waals surface area contributed by atoms with Crippen LogP contribution in [0, 0.1) is 11.6 Å². The summed E-state index contributed by atoms with van der Waals surface area (Å²) in [6, 6.07) is 11.0. The summed E-state index contributed by atoms with van der Waals surface area (Å²) in [4.78, 5) is 4.29. The van der Waals surface area contributed by atoms with Crippen LogP contribution in [0.25, 0.3) is 10.9 Å². The molecule has 0 atom stereocenters. The zero-order valence-corrected chi connectivity index (χ0v) is 11.7. The molecule has 21 heavy (non-hydrogen) atoms. The molecule has 5 heteroatoms. The van der Waals surface area contributed by atoms with Crippen molar-refractivity contribution in [3.05, 3.63) is 70.9 Å². The quantitative estimate of drug-likeness (QED) is 0.753. The van der Waals surface area contributed by atoms with Crippen molar-refractivity contribution < 1.29 is 8.78 Å². The fraction of sp³-hybridized carbons (Fsp3) is 0.0625. The van der Waals surface area contributed by atoms with Crippen molar-refractivity contribution in [2.24, 2.45) is 0 Å². The minimum atomic E-state index is -0.624. The van der Waals surface area contributed by atoms with E-state index in [1.54, 1.807) is 24.4 Å². The second-order valence-electron chi connectivity index (χ2n) is 4.56. The number of rotatable bonds is 3. The molecule has 1 N–H and O–H groups in total. The SMILES string of the molecule is Fc1cccc(F)c1NCc1ccc(Cl)c2cccnc12. The molecule has 0 radical (unpaired) electrons. The van der Waals surface area contributed by atoms with Gasteiger partial charge in [0.05, 0.1) is 5.52 Å². The maximum atomic E-state index is 13.6. The predicted molar refractivity (Wildman–Crippen MR) is 80.4 cm³/mol. The molecule has 3 aromatic rings. The average molecular weight is 305 g/mol. The summed E-state index contributed by atoms with van der Waals surface area (Å²) in [6.45, 7) is 0.253. The van der Waals surface area contributed by atoms with Gasteiger partial charge >= 0.3 is 0 Å². The molecule has 0 aliphatic carbocycles. The van der Waals surface area contributed by atoms with Crippen LogP contribution in [-0.4, -0.2) is 4.98 Å². The van der Waals surface area contributed by atoms with Crippen molar-refractivity contribution in [2.75, 3.05) is 5.32 Å². The lowest BCUT2D eigenvalue weighted by Crippen LogP contribution is -2.04. The van der Waals surface area contributed by atoms with Crippen molar-refractivity contribution in [3.63, 3.8) is 0 Å². The minimum absolute atomic E-state index is 0.142. The number of fused-ring (bicyclic) bond motifs is 1. The molecule has 0 aliphatic rings. The monoisotopic (exact) mass is 304 g/mol. The van der Waals surface area contributed by atoms with Crippen molar-refractivity contribution in [2.45, 2.75) is 6.54 Å². The number of hydrogen-bond donors (Lipinski definition) is 1. The van der Waals surface area contributed by atoms with E-state index in [0.717, 1.165) is 10.9 Å². The summed E-state index contributed by atoms with van der Waals surface area (Å²) in [5, 5.41) is 4.18. The van der Waals surface area contributed by atoms with Crippen LogP contribution in [0.4, 0.5) is 14.5 Å². The molecule has 0 unspecified atom stereocenters. The lowest BCUT2D eigenvalue weighted by atomic mass is 10.1. The number of nitrogens with one attached hydrogen (secondary N) is 1. The van der Waals surface area contributed by atoms with E-state index in [9.17, 15) is 8.78 Å². The number of aromatic nitrogens is 1. The van der Waals surface area contributed by atoms with E-state index >= 15 is 0 Å². The van der Waals surface area contributed by atoms with Gasteiger partial charge in [0, 0.05) is 23.2 Å². The summed E-state index contributed by atoms with van der Waals surface area (Å²) in [7, 11) is 0. The van der Waals surface area contributed by atoms with E-state index in [0.29, 0.717) is 10.5 Å². The standard InChI is InChI=1S/C16H11ClF2N2/c17-12-7-6-10(15-11(12)3-2-8-20-15)9-21-16-13(18)4-1-5-14(16)19/h1-8,21H,9H2. The van der Waals surface area contributed by atoms with E-state index in [2.05, 4.69) is 10.3 Å². The number of halogens is 3. The molecule has 1 heterocycles. The topological polar surface area (TPSA) is 24.9 Å². The van der Waals surface area contributed by atoms with Gasteiger partial charge in [0.2, 0.25) is 0 Å². The van der Waals surface area contributed by atoms with Crippen LogP contribution in [0.2, 0.25) is 5.02 Å². The highest BCUT2D eigenvalue weighted by Crippen LogP contribution is 2.26. The van der Waals surface area contributed by atoms with E-state index < -0.39 is 11.6 Å². The molecule has 0 aliphatic heterocycles. The predicted octanol–water partition coefficient (Wildman–Crippen LogP) is 4.78. The first-order valence-corrected chi connectivity index (χ1v) is 6.74. The van der Waals surface area contributed by atoms with Gasteiger partial charge in [-0.3, -0.25) is 4.98 Å². The Morgan fingerprint density at radius 1 is 1.00 bits per heavy atom. The largest absolute Gasteiger partial charge is 0.376 e. The summed E-state index contributed by atoms with van der Waals surface area (Å²) >= 11 is 6.12. The lowest BCUT2D eigenvalue weighted by molar-refractivity contribution is 0.588. The summed E-state index contributed by atoms with van der Waals surface area (Å²) in [5.41, 5.74) is 1.39. The first-order valence-electron chi connectivity index (χ1n) is 6.37. The summed E-state index contributed by atoms with van der Waals surface area (Å²) in [6.07, 6.45) is 1.66. The number of pyridine rings is 1. The Kier molecular flexibility index (Phi) is 3.71. The molecule has 0 spiro atoms. The molecule has 0 fully saturated rings. The van der Waals surface area contributed by atoms with Crippen molar-refractivity contribution in [3.8, 4) is 0 Å². The molecular weight excluding hydrogens is 294 g/mol. The van der Waals surface area contributed by atoms with Crippen LogP contribution in [0.5, 0.6) is 0 Å². The van der Waals surface area contributed by atoms with Crippen molar-refractivity contribution in [1.82, 2.24) is 4.98 Å². The fourth-order valence-electron chi connectivity index (χ4n) is 2.19. The molecule has 0 saturated heterocycles. The molecule has 2 nitrogen and oxygen atoms in total. The maximum Gasteiger partial charge on any atom is 0.149 e. The van der Waals surface area contributed by atoms with Crippen molar-refractivity contribution >= 4 is 28.2 Å². The Balaban J connectivity index is 1.94. The number of anilines is 1. The van der Waals surface area contributed by atoms with E-state index in [4.69, 9.17) is 11.6 Å². The number of nitrogens with zero attached hydrogens (tertiary/aromatic N) is 1. The van der Waals surface area contributed by atoms with Gasteiger partial charge in [0.25, 0.3) is 0 Å². The molecular formula is C16H11ClF2N2. The van der Waals surface area contributed by atoms with Gasteiger partial charge in [0.15, 0.2) is 0 Å². The third-order valence-electron chi connectivity index (χ3n) is 3.22. The average Bonchev–Trinajstić information content (AvgIpc) is 2.49. The van der Waals surface area contributed by atoms with Crippen LogP contribution in [0.1, 0.15) is 5.56 Å². The van der Waals surface area contributed by atoms with Crippen LogP contribution >= 0.6 is 11.6 Å². The first kappa shape index (κ1) is 13.8. The fourth-order valence-corrected chi connectivity index (χ4v) is 2.40. The van der Waals surface area contributed by atoms with Crippen LogP contribution in [-0.2, 0) is 6.54 Å². The van der Waals surface area contributed by atoms with Gasteiger partial charge in [-0.05, 0) is 35.9 Å². The van der Waals surface area contributed by atoms with E-state index in [1.807, 2.05) is 6.07 Å². The Bertz CT molecular complexity index is 785. The highest BCUT2D eigenvalue weighted by atomic mass is 35.5. The first-order chi connectivity index (χ1) is 10.2. The molecule has 1 aromatic heterocycles. The molecule has 3 rings (SSSR count). The van der Waals surface area contributed by atoms with Gasteiger partial charge in [-0.1, -0.05) is 23.7 Å². The van der Waals surface area contributed by atoms with E-state index in [-0.39, 0.29) is 12.2 Å². The third-order valence-corrected chi connectivity index (χ3v) is 3.55. The highest BCUT2D eigenvalue weighted by Gasteiger charge is 2.10. The highest BCUT2D eigenvalue weighted by molar-refractivity contribution is 6.35. The minimum Gasteiger partial charge on any atom is -0.376 e. The Morgan fingerprint density at radius 3 is 2.52 bits per heavy atom. The molecule has 106 valence electrons. The maximum absolute atomic E-state index is 13.6. The second-order valence-corrected chi connectivity index (χ2v) is 4.96. The summed E-state index contributed by atoms with van der Waals surface area (Å²) < 4.78 is 27.2. The zero-order chi connectivity index (χ0) is 14.8. The Hall–Kier alpha value is -2.20. The summed E-state index contributed by atoms with van der Waals surface area (Å²) in [5.74, 6) is -1.25. The van der Waals surface area contributed by atoms with Crippen LogP contribution in [0.3, 0.4) is 0 Å². The third kappa shape index (κ3) is 2.67. The molecule has 0 bridgehead atoms. The smallest absolute Gasteiger partial charge is 0.149 e. The van der Waals surface area contributed by atoms with Crippen LogP contribution < -0.4 is 5.32 Å². The Morgan fingerprint density at radius 2 is 1.76 bits per heavy atom. The number of hydrogen-bond acceptors (Lipinski definition) is 2. The molecule has 0 saturated carbocycles. The van der Waals surface area contributed by atoms with Gasteiger partial charge in [-0.25, -0.2) is 8.78 Å². The number of para-hydroxylation sites is 1. The molecule has 2 aromatic carbocycles. The normalized spacial score (nSPS) is 10.8. The second kappa shape index (κ2) is 5.66. The van der Waals surface area contributed by atoms with Gasteiger partial charge < -0.3 is 5.32 Å². The Labute approximate surface area is 125 Å². The van der Waals surface area contributed by atoms with Gasteiger partial charge in [-0.15, -0.1) is 0 Å². The van der Waals surface area contributed by atoms with Crippen molar-refractivity contribution in [1.29, 1.82) is 0 Å².